The highest BCUT2D eigenvalue weighted by atomic mass is 16.2. The van der Waals surface area contributed by atoms with Crippen molar-refractivity contribution in [2.75, 3.05) is 6.54 Å². The normalized spacial score (nSPS) is 10.4. The van der Waals surface area contributed by atoms with Crippen LogP contribution >= 0.6 is 0 Å². The highest BCUT2D eigenvalue weighted by molar-refractivity contribution is 5.94. The molecule has 5 nitrogen and oxygen atoms in total. The Balaban J connectivity index is 2.20. The molecule has 1 aromatic heterocycles. The minimum Gasteiger partial charge on any atom is -0.335 e. The molecule has 0 atom stereocenters. The van der Waals surface area contributed by atoms with Gasteiger partial charge in [-0.05, 0) is 26.0 Å². The van der Waals surface area contributed by atoms with Gasteiger partial charge in [0, 0.05) is 18.8 Å². The maximum absolute atomic E-state index is 12.5. The van der Waals surface area contributed by atoms with Gasteiger partial charge in [0.2, 0.25) is 0 Å². The van der Waals surface area contributed by atoms with Crippen LogP contribution in [0.5, 0.6) is 0 Å². The number of hydrogen-bond acceptors (Lipinski definition) is 3. The quantitative estimate of drug-likeness (QED) is 0.847. The Morgan fingerprint density at radius 2 is 2.10 bits per heavy atom. The van der Waals surface area contributed by atoms with Crippen LogP contribution in [0, 0.1) is 11.3 Å². The van der Waals surface area contributed by atoms with Crippen molar-refractivity contribution in [3.63, 3.8) is 0 Å². The monoisotopic (exact) mass is 282 g/mol. The summed E-state index contributed by atoms with van der Waals surface area (Å²) < 4.78 is 1.68. The zero-order valence-corrected chi connectivity index (χ0v) is 12.2. The Morgan fingerprint density at radius 3 is 2.71 bits per heavy atom. The summed E-state index contributed by atoms with van der Waals surface area (Å²) in [5.41, 5.74) is 1.44. The molecule has 1 heterocycles. The standard InChI is InChI=1S/C16H18N4O/c1-13(2)19(10-6-9-17)16(21)14-11-18-20(12-14)15-7-4-3-5-8-15/h3-5,7-8,11-13H,6,10H2,1-2H3. The van der Waals surface area contributed by atoms with Gasteiger partial charge < -0.3 is 4.90 Å². The van der Waals surface area contributed by atoms with Crippen molar-refractivity contribution >= 4 is 5.91 Å². The van der Waals surface area contributed by atoms with Crippen LogP contribution in [-0.2, 0) is 0 Å². The molecule has 1 amide bonds. The number of benzene rings is 1. The van der Waals surface area contributed by atoms with Gasteiger partial charge >= 0.3 is 0 Å². The lowest BCUT2D eigenvalue weighted by Crippen LogP contribution is -2.37. The van der Waals surface area contributed by atoms with E-state index >= 15 is 0 Å². The first-order valence-corrected chi connectivity index (χ1v) is 6.91. The highest BCUT2D eigenvalue weighted by Crippen LogP contribution is 2.12. The number of carbonyl (C=O) groups excluding carboxylic acids is 1. The first-order valence-electron chi connectivity index (χ1n) is 6.91. The van der Waals surface area contributed by atoms with Gasteiger partial charge in [-0.15, -0.1) is 0 Å². The predicted octanol–water partition coefficient (Wildman–Crippen LogP) is 2.64. The zero-order valence-electron chi connectivity index (χ0n) is 12.2. The number of para-hydroxylation sites is 1. The SMILES string of the molecule is CC(C)N(CCC#N)C(=O)c1cnn(-c2ccccc2)c1. The molecule has 0 spiro atoms. The molecule has 0 saturated heterocycles. The van der Waals surface area contributed by atoms with Gasteiger partial charge in [-0.3, -0.25) is 4.79 Å². The number of nitrogens with zero attached hydrogens (tertiary/aromatic N) is 4. The van der Waals surface area contributed by atoms with Gasteiger partial charge in [-0.1, -0.05) is 18.2 Å². The summed E-state index contributed by atoms with van der Waals surface area (Å²) >= 11 is 0. The number of rotatable bonds is 5. The summed E-state index contributed by atoms with van der Waals surface area (Å²) in [7, 11) is 0. The van der Waals surface area contributed by atoms with Crippen molar-refractivity contribution in [1.82, 2.24) is 14.7 Å². The van der Waals surface area contributed by atoms with E-state index in [2.05, 4.69) is 11.2 Å². The second-order valence-corrected chi connectivity index (χ2v) is 5.01. The Morgan fingerprint density at radius 1 is 1.38 bits per heavy atom. The van der Waals surface area contributed by atoms with E-state index in [0.717, 1.165) is 5.69 Å². The Bertz CT molecular complexity index is 640. The summed E-state index contributed by atoms with van der Waals surface area (Å²) in [6, 6.07) is 11.8. The second kappa shape index (κ2) is 6.71. The fourth-order valence-corrected chi connectivity index (χ4v) is 2.09. The summed E-state index contributed by atoms with van der Waals surface area (Å²) in [4.78, 5) is 14.2. The topological polar surface area (TPSA) is 61.9 Å². The van der Waals surface area contributed by atoms with Crippen molar-refractivity contribution in [3.8, 4) is 11.8 Å². The first kappa shape index (κ1) is 14.8. The van der Waals surface area contributed by atoms with Crippen LogP contribution in [0.25, 0.3) is 5.69 Å². The summed E-state index contributed by atoms with van der Waals surface area (Å²) in [6.07, 6.45) is 3.62. The lowest BCUT2D eigenvalue weighted by Gasteiger charge is -2.25. The molecule has 2 rings (SSSR count). The van der Waals surface area contributed by atoms with Gasteiger partial charge in [-0.25, -0.2) is 4.68 Å². The van der Waals surface area contributed by atoms with Crippen LogP contribution in [0.15, 0.2) is 42.7 Å². The van der Waals surface area contributed by atoms with E-state index in [9.17, 15) is 4.79 Å². The molecule has 0 saturated carbocycles. The van der Waals surface area contributed by atoms with Crippen LogP contribution in [-0.4, -0.2) is 33.2 Å². The Hall–Kier alpha value is -2.61. The number of nitriles is 1. The lowest BCUT2D eigenvalue weighted by molar-refractivity contribution is 0.0710. The molecule has 0 aliphatic heterocycles. The van der Waals surface area contributed by atoms with Crippen LogP contribution in [0.4, 0.5) is 0 Å². The minimum atomic E-state index is -0.0950. The predicted molar refractivity (Wildman–Crippen MR) is 80.0 cm³/mol. The molecule has 0 aliphatic carbocycles. The Labute approximate surface area is 124 Å². The van der Waals surface area contributed by atoms with Crippen LogP contribution in [0.2, 0.25) is 0 Å². The molecule has 21 heavy (non-hydrogen) atoms. The molecule has 0 N–H and O–H groups in total. The van der Waals surface area contributed by atoms with Crippen molar-refractivity contribution in [1.29, 1.82) is 5.26 Å². The maximum Gasteiger partial charge on any atom is 0.257 e. The third-order valence-corrected chi connectivity index (χ3v) is 3.20. The van der Waals surface area contributed by atoms with Crippen molar-refractivity contribution < 1.29 is 4.79 Å². The summed E-state index contributed by atoms with van der Waals surface area (Å²) in [6.45, 7) is 4.32. The molecular formula is C16H18N4O. The molecule has 0 radical (unpaired) electrons. The third-order valence-electron chi connectivity index (χ3n) is 3.20. The Kier molecular flexibility index (Phi) is 4.72. The molecule has 0 unspecified atom stereocenters. The molecule has 0 fully saturated rings. The summed E-state index contributed by atoms with van der Waals surface area (Å²) in [5.74, 6) is -0.0950. The molecule has 108 valence electrons. The van der Waals surface area contributed by atoms with E-state index < -0.39 is 0 Å². The average Bonchev–Trinajstić information content (AvgIpc) is 2.98. The minimum absolute atomic E-state index is 0.0472. The number of aromatic nitrogens is 2. The third kappa shape index (κ3) is 3.48. The van der Waals surface area contributed by atoms with Gasteiger partial charge in [-0.2, -0.15) is 10.4 Å². The van der Waals surface area contributed by atoms with Crippen molar-refractivity contribution in [3.05, 3.63) is 48.3 Å². The van der Waals surface area contributed by atoms with Crippen molar-refractivity contribution in [2.45, 2.75) is 26.3 Å². The molecule has 2 aromatic rings. The highest BCUT2D eigenvalue weighted by Gasteiger charge is 2.20. The number of hydrogen-bond donors (Lipinski definition) is 0. The average molecular weight is 282 g/mol. The molecule has 0 bridgehead atoms. The van der Waals surface area contributed by atoms with Gasteiger partial charge in [0.15, 0.2) is 0 Å². The van der Waals surface area contributed by atoms with Crippen LogP contribution in [0.1, 0.15) is 30.6 Å². The van der Waals surface area contributed by atoms with E-state index in [1.54, 1.807) is 22.0 Å². The fraction of sp³-hybridized carbons (Fsp3) is 0.312. The van der Waals surface area contributed by atoms with Crippen LogP contribution in [0.3, 0.4) is 0 Å². The maximum atomic E-state index is 12.5. The van der Waals surface area contributed by atoms with E-state index in [0.29, 0.717) is 18.5 Å². The fourth-order valence-electron chi connectivity index (χ4n) is 2.09. The molecule has 5 heteroatoms. The van der Waals surface area contributed by atoms with Gasteiger partial charge in [0.25, 0.3) is 5.91 Å². The largest absolute Gasteiger partial charge is 0.335 e. The van der Waals surface area contributed by atoms with Gasteiger partial charge in [0.05, 0.1) is 29.9 Å². The number of carbonyl (C=O) groups is 1. The van der Waals surface area contributed by atoms with E-state index in [1.165, 1.54) is 0 Å². The first-order chi connectivity index (χ1) is 10.1. The van der Waals surface area contributed by atoms with Crippen LogP contribution < -0.4 is 0 Å². The van der Waals surface area contributed by atoms with Gasteiger partial charge in [0.1, 0.15) is 0 Å². The zero-order chi connectivity index (χ0) is 15.2. The lowest BCUT2D eigenvalue weighted by atomic mass is 10.2. The smallest absolute Gasteiger partial charge is 0.257 e. The molecule has 0 aliphatic rings. The van der Waals surface area contributed by atoms with E-state index in [1.807, 2.05) is 44.2 Å². The van der Waals surface area contributed by atoms with E-state index in [-0.39, 0.29) is 11.9 Å². The molecule has 1 aromatic carbocycles. The second-order valence-electron chi connectivity index (χ2n) is 5.01. The number of amides is 1. The summed E-state index contributed by atoms with van der Waals surface area (Å²) in [5, 5.41) is 12.9. The van der Waals surface area contributed by atoms with Crippen molar-refractivity contribution in [2.24, 2.45) is 0 Å². The van der Waals surface area contributed by atoms with E-state index in [4.69, 9.17) is 5.26 Å². The molecular weight excluding hydrogens is 264 g/mol.